The Morgan fingerprint density at radius 3 is 2.52 bits per heavy atom. The summed E-state index contributed by atoms with van der Waals surface area (Å²) in [5, 5.41) is 3.16. The number of rotatable bonds is 6. The third-order valence-corrected chi connectivity index (χ3v) is 4.14. The van der Waals surface area contributed by atoms with Crippen LogP contribution in [-0.4, -0.2) is 26.2 Å². The molecule has 2 rings (SSSR count). The molecule has 1 atom stereocenters. The van der Waals surface area contributed by atoms with E-state index >= 15 is 0 Å². The maximum atomic E-state index is 12.2. The van der Waals surface area contributed by atoms with E-state index in [1.165, 1.54) is 12.8 Å². The van der Waals surface area contributed by atoms with Crippen LogP contribution in [0.4, 0.5) is 0 Å². The Morgan fingerprint density at radius 2 is 1.90 bits per heavy atom. The van der Waals surface area contributed by atoms with E-state index in [9.17, 15) is 4.79 Å². The zero-order valence-electron chi connectivity index (χ0n) is 13.1. The molecule has 0 saturated heterocycles. The Hall–Kier alpha value is -1.71. The fraction of sp³-hybridized carbons (Fsp3) is 0.588. The van der Waals surface area contributed by atoms with Gasteiger partial charge in [-0.25, -0.2) is 0 Å². The van der Waals surface area contributed by atoms with Gasteiger partial charge in [0, 0.05) is 12.0 Å². The summed E-state index contributed by atoms with van der Waals surface area (Å²) < 4.78 is 10.5. The smallest absolute Gasteiger partial charge is 0.223 e. The normalized spacial score (nSPS) is 16.5. The summed E-state index contributed by atoms with van der Waals surface area (Å²) in [7, 11) is 3.24. The van der Waals surface area contributed by atoms with E-state index in [1.807, 2.05) is 25.1 Å². The van der Waals surface area contributed by atoms with Gasteiger partial charge < -0.3 is 14.8 Å². The van der Waals surface area contributed by atoms with E-state index in [2.05, 4.69) is 5.32 Å². The molecule has 1 aliphatic carbocycles. The van der Waals surface area contributed by atoms with Crippen molar-refractivity contribution >= 4 is 5.91 Å². The van der Waals surface area contributed by atoms with Gasteiger partial charge in [-0.1, -0.05) is 25.8 Å². The number of hydrogen-bond acceptors (Lipinski definition) is 3. The molecule has 1 N–H and O–H groups in total. The van der Waals surface area contributed by atoms with E-state index in [4.69, 9.17) is 9.47 Å². The largest absolute Gasteiger partial charge is 0.493 e. The Morgan fingerprint density at radius 1 is 1.24 bits per heavy atom. The average molecular weight is 291 g/mol. The number of amides is 1. The van der Waals surface area contributed by atoms with Crippen LogP contribution in [0.2, 0.25) is 0 Å². The van der Waals surface area contributed by atoms with E-state index < -0.39 is 0 Å². The molecular formula is C17H25NO3. The van der Waals surface area contributed by atoms with Crippen molar-refractivity contribution in [2.24, 2.45) is 5.92 Å². The zero-order valence-corrected chi connectivity index (χ0v) is 13.1. The first kappa shape index (κ1) is 15.7. The molecule has 1 aromatic rings. The molecule has 1 saturated carbocycles. The molecule has 1 amide bonds. The van der Waals surface area contributed by atoms with Gasteiger partial charge in [-0.2, -0.15) is 0 Å². The van der Waals surface area contributed by atoms with Crippen LogP contribution in [0.25, 0.3) is 0 Å². The molecule has 116 valence electrons. The Kier molecular flexibility index (Phi) is 5.48. The summed E-state index contributed by atoms with van der Waals surface area (Å²) in [6.07, 6.45) is 5.41. The molecule has 1 unspecified atom stereocenters. The first-order valence-corrected chi connectivity index (χ1v) is 7.65. The zero-order chi connectivity index (χ0) is 15.2. The maximum absolute atomic E-state index is 12.2. The monoisotopic (exact) mass is 291 g/mol. The number of benzene rings is 1. The third-order valence-electron chi connectivity index (χ3n) is 4.14. The molecule has 1 fully saturated rings. The Balaban J connectivity index is 1.94. The van der Waals surface area contributed by atoms with Crippen LogP contribution in [0.5, 0.6) is 11.5 Å². The van der Waals surface area contributed by atoms with Crippen molar-refractivity contribution in [3.05, 3.63) is 23.8 Å². The Bertz CT molecular complexity index is 481. The lowest BCUT2D eigenvalue weighted by Crippen LogP contribution is -2.37. The highest BCUT2D eigenvalue weighted by atomic mass is 16.5. The fourth-order valence-corrected chi connectivity index (χ4v) is 2.87. The van der Waals surface area contributed by atoms with Gasteiger partial charge in [-0.3, -0.25) is 4.79 Å². The highest BCUT2D eigenvalue weighted by Crippen LogP contribution is 2.28. The van der Waals surface area contributed by atoms with Gasteiger partial charge >= 0.3 is 0 Å². The minimum Gasteiger partial charge on any atom is -0.493 e. The minimum absolute atomic E-state index is 0.0382. The molecule has 1 aliphatic rings. The lowest BCUT2D eigenvalue weighted by molar-refractivity contribution is -0.125. The van der Waals surface area contributed by atoms with Crippen LogP contribution < -0.4 is 14.8 Å². The lowest BCUT2D eigenvalue weighted by Gasteiger charge is -2.17. The quantitative estimate of drug-likeness (QED) is 0.876. The van der Waals surface area contributed by atoms with Gasteiger partial charge in [-0.05, 0) is 37.0 Å². The molecule has 0 heterocycles. The molecular weight excluding hydrogens is 266 g/mol. The van der Waals surface area contributed by atoms with Crippen molar-refractivity contribution in [3.8, 4) is 11.5 Å². The molecule has 21 heavy (non-hydrogen) atoms. The van der Waals surface area contributed by atoms with Crippen LogP contribution >= 0.6 is 0 Å². The van der Waals surface area contributed by atoms with Crippen molar-refractivity contribution in [3.63, 3.8) is 0 Å². The molecule has 4 heteroatoms. The number of ether oxygens (including phenoxy) is 2. The van der Waals surface area contributed by atoms with Crippen molar-refractivity contribution in [2.75, 3.05) is 14.2 Å². The van der Waals surface area contributed by atoms with Crippen LogP contribution in [0.1, 0.15) is 38.2 Å². The second-order valence-electron chi connectivity index (χ2n) is 5.78. The summed E-state index contributed by atoms with van der Waals surface area (Å²) in [6, 6.07) is 6.19. The lowest BCUT2D eigenvalue weighted by atomic mass is 9.99. The van der Waals surface area contributed by atoms with Crippen molar-refractivity contribution in [1.82, 2.24) is 5.32 Å². The highest BCUT2D eigenvalue weighted by Gasteiger charge is 2.21. The van der Waals surface area contributed by atoms with Gasteiger partial charge in [0.25, 0.3) is 0 Å². The number of carbonyl (C=O) groups excluding carboxylic acids is 1. The summed E-state index contributed by atoms with van der Waals surface area (Å²) >= 11 is 0. The summed E-state index contributed by atoms with van der Waals surface area (Å²) in [6.45, 7) is 1.97. The number of carbonyl (C=O) groups is 1. The summed E-state index contributed by atoms with van der Waals surface area (Å²) in [5.74, 6) is 1.53. The van der Waals surface area contributed by atoms with Gasteiger partial charge in [0.05, 0.1) is 14.2 Å². The first-order valence-electron chi connectivity index (χ1n) is 7.65. The standard InChI is InChI=1S/C17H25NO3/c1-12(17(19)18-14-6-4-5-7-14)10-13-8-9-15(20-2)16(11-13)21-3/h8-9,11-12,14H,4-7,10H2,1-3H3,(H,18,19). The van der Waals surface area contributed by atoms with Crippen LogP contribution in [0.3, 0.4) is 0 Å². The average Bonchev–Trinajstić information content (AvgIpc) is 2.99. The van der Waals surface area contributed by atoms with Crippen LogP contribution in [0, 0.1) is 5.92 Å². The molecule has 0 radical (unpaired) electrons. The van der Waals surface area contributed by atoms with Crippen LogP contribution in [-0.2, 0) is 11.2 Å². The maximum Gasteiger partial charge on any atom is 0.223 e. The summed E-state index contributed by atoms with van der Waals surface area (Å²) in [4.78, 5) is 12.2. The number of nitrogens with one attached hydrogen (secondary N) is 1. The van der Waals surface area contributed by atoms with E-state index in [0.717, 1.165) is 18.4 Å². The van der Waals surface area contributed by atoms with Gasteiger partial charge in [0.15, 0.2) is 11.5 Å². The topological polar surface area (TPSA) is 47.6 Å². The van der Waals surface area contributed by atoms with Gasteiger partial charge in [-0.15, -0.1) is 0 Å². The predicted molar refractivity (Wildman–Crippen MR) is 82.8 cm³/mol. The number of hydrogen-bond donors (Lipinski definition) is 1. The van der Waals surface area contributed by atoms with E-state index in [1.54, 1.807) is 14.2 Å². The third kappa shape index (κ3) is 4.13. The van der Waals surface area contributed by atoms with E-state index in [-0.39, 0.29) is 11.8 Å². The molecule has 0 bridgehead atoms. The van der Waals surface area contributed by atoms with Crippen molar-refractivity contribution in [1.29, 1.82) is 0 Å². The minimum atomic E-state index is -0.0382. The van der Waals surface area contributed by atoms with E-state index in [0.29, 0.717) is 24.0 Å². The van der Waals surface area contributed by atoms with Gasteiger partial charge in [0.2, 0.25) is 5.91 Å². The molecule has 0 aromatic heterocycles. The predicted octanol–water partition coefficient (Wildman–Crippen LogP) is 2.94. The first-order chi connectivity index (χ1) is 10.1. The van der Waals surface area contributed by atoms with Crippen molar-refractivity contribution in [2.45, 2.75) is 45.1 Å². The molecule has 0 spiro atoms. The van der Waals surface area contributed by atoms with Crippen LogP contribution in [0.15, 0.2) is 18.2 Å². The Labute approximate surface area is 126 Å². The molecule has 4 nitrogen and oxygen atoms in total. The molecule has 1 aromatic carbocycles. The SMILES string of the molecule is COc1ccc(CC(C)C(=O)NC2CCCC2)cc1OC. The second-order valence-corrected chi connectivity index (χ2v) is 5.78. The molecule has 0 aliphatic heterocycles. The van der Waals surface area contributed by atoms with Crippen molar-refractivity contribution < 1.29 is 14.3 Å². The summed E-state index contributed by atoms with van der Waals surface area (Å²) in [5.41, 5.74) is 1.08. The fourth-order valence-electron chi connectivity index (χ4n) is 2.87. The highest BCUT2D eigenvalue weighted by molar-refractivity contribution is 5.79. The second kappa shape index (κ2) is 7.34. The number of methoxy groups -OCH3 is 2. The van der Waals surface area contributed by atoms with Gasteiger partial charge in [0.1, 0.15) is 0 Å².